The minimum absolute atomic E-state index is 0.317. The highest BCUT2D eigenvalue weighted by molar-refractivity contribution is 5.79. The van der Waals surface area contributed by atoms with Gasteiger partial charge >= 0.3 is 0 Å². The van der Waals surface area contributed by atoms with Crippen molar-refractivity contribution in [1.82, 2.24) is 14.8 Å². The highest BCUT2D eigenvalue weighted by Gasteiger charge is 2.33. The predicted molar refractivity (Wildman–Crippen MR) is 101 cm³/mol. The number of nitrogens with zero attached hydrogens (tertiary/aromatic N) is 3. The molecule has 0 N–H and O–H groups in total. The van der Waals surface area contributed by atoms with Crippen LogP contribution in [-0.4, -0.2) is 59.0 Å². The molecule has 3 heterocycles. The molecule has 1 aromatic heterocycles. The van der Waals surface area contributed by atoms with E-state index in [2.05, 4.69) is 14.8 Å². The fourth-order valence-corrected chi connectivity index (χ4v) is 4.85. The number of carbonyl (C=O) groups is 1. The average molecular weight is 357 g/mol. The van der Waals surface area contributed by atoms with Gasteiger partial charge in [0, 0.05) is 50.5 Å². The molecule has 1 saturated carbocycles. The molecule has 1 aliphatic carbocycles. The number of likely N-dealkylation sites (tertiary alicyclic amines) is 2. The van der Waals surface area contributed by atoms with E-state index < -0.39 is 0 Å². The van der Waals surface area contributed by atoms with Gasteiger partial charge in [-0.2, -0.15) is 0 Å². The van der Waals surface area contributed by atoms with Crippen molar-refractivity contribution in [2.24, 2.45) is 5.92 Å². The van der Waals surface area contributed by atoms with Crippen LogP contribution in [0.1, 0.15) is 51.4 Å². The Labute approximate surface area is 156 Å². The smallest absolute Gasteiger partial charge is 0.225 e. The summed E-state index contributed by atoms with van der Waals surface area (Å²) in [5.41, 5.74) is 0. The summed E-state index contributed by atoms with van der Waals surface area (Å²) in [6.45, 7) is 4.12. The molecule has 1 amide bonds. The van der Waals surface area contributed by atoms with Crippen molar-refractivity contribution in [2.45, 2.75) is 63.5 Å². The van der Waals surface area contributed by atoms with E-state index in [9.17, 15) is 4.79 Å². The van der Waals surface area contributed by atoms with Crippen molar-refractivity contribution in [2.75, 3.05) is 26.2 Å². The lowest BCUT2D eigenvalue weighted by atomic mass is 9.97. The molecule has 2 saturated heterocycles. The third-order valence-corrected chi connectivity index (χ3v) is 6.43. The van der Waals surface area contributed by atoms with Gasteiger partial charge in [0.05, 0.1) is 0 Å². The van der Waals surface area contributed by atoms with E-state index >= 15 is 0 Å². The minimum Gasteiger partial charge on any atom is -0.490 e. The van der Waals surface area contributed by atoms with Crippen LogP contribution in [0.3, 0.4) is 0 Å². The molecule has 3 fully saturated rings. The molecule has 1 aromatic rings. The molecule has 0 aromatic carbocycles. The van der Waals surface area contributed by atoms with Gasteiger partial charge in [-0.3, -0.25) is 14.7 Å². The van der Waals surface area contributed by atoms with E-state index in [-0.39, 0.29) is 0 Å². The van der Waals surface area contributed by atoms with Crippen molar-refractivity contribution in [3.05, 3.63) is 24.5 Å². The second-order valence-electron chi connectivity index (χ2n) is 8.07. The molecule has 5 heteroatoms. The maximum Gasteiger partial charge on any atom is 0.225 e. The zero-order valence-electron chi connectivity index (χ0n) is 15.7. The van der Waals surface area contributed by atoms with Crippen molar-refractivity contribution >= 4 is 5.91 Å². The number of hydrogen-bond acceptors (Lipinski definition) is 4. The molecule has 2 aliphatic heterocycles. The lowest BCUT2D eigenvalue weighted by Crippen LogP contribution is -2.50. The highest BCUT2D eigenvalue weighted by Crippen LogP contribution is 2.29. The number of piperidine rings is 2. The number of aromatic nitrogens is 1. The fourth-order valence-electron chi connectivity index (χ4n) is 4.85. The monoisotopic (exact) mass is 357 g/mol. The predicted octanol–water partition coefficient (Wildman–Crippen LogP) is 3.11. The van der Waals surface area contributed by atoms with Gasteiger partial charge in [-0.15, -0.1) is 0 Å². The Morgan fingerprint density at radius 2 is 1.58 bits per heavy atom. The van der Waals surface area contributed by atoms with Gasteiger partial charge < -0.3 is 9.64 Å². The van der Waals surface area contributed by atoms with E-state index in [1.165, 1.54) is 12.8 Å². The standard InChI is InChI=1S/C21H31N3O2/c25-21(17-3-1-2-4-17)24-13-7-18(8-14-24)23-15-9-20(10-16-23)26-19-5-11-22-12-6-19/h5-6,11-12,17-18,20H,1-4,7-10,13-16H2. The fraction of sp³-hybridized carbons (Fsp3) is 0.714. The van der Waals surface area contributed by atoms with Crippen LogP contribution in [0, 0.1) is 5.92 Å². The molecule has 4 rings (SSSR count). The van der Waals surface area contributed by atoms with Gasteiger partial charge in [0.1, 0.15) is 11.9 Å². The maximum absolute atomic E-state index is 12.6. The first-order chi connectivity index (χ1) is 12.8. The summed E-state index contributed by atoms with van der Waals surface area (Å²) in [4.78, 5) is 21.4. The molecular formula is C21H31N3O2. The first kappa shape index (κ1) is 17.8. The van der Waals surface area contributed by atoms with Gasteiger partial charge in [0.15, 0.2) is 0 Å². The number of pyridine rings is 1. The third-order valence-electron chi connectivity index (χ3n) is 6.43. The topological polar surface area (TPSA) is 45.7 Å². The van der Waals surface area contributed by atoms with Crippen molar-refractivity contribution in [3.8, 4) is 5.75 Å². The lowest BCUT2D eigenvalue weighted by molar-refractivity contribution is -0.137. The number of ether oxygens (including phenoxy) is 1. The van der Waals surface area contributed by atoms with Crippen molar-refractivity contribution < 1.29 is 9.53 Å². The van der Waals surface area contributed by atoms with Gasteiger partial charge in [-0.25, -0.2) is 0 Å². The summed E-state index contributed by atoms with van der Waals surface area (Å²) in [5, 5.41) is 0. The molecule has 0 unspecified atom stereocenters. The molecule has 5 nitrogen and oxygen atoms in total. The zero-order chi connectivity index (χ0) is 17.8. The van der Waals surface area contributed by atoms with E-state index in [4.69, 9.17) is 4.74 Å². The Kier molecular flexibility index (Phi) is 5.73. The molecule has 0 radical (unpaired) electrons. The first-order valence-corrected chi connectivity index (χ1v) is 10.4. The Balaban J connectivity index is 1.20. The third kappa shape index (κ3) is 4.20. The van der Waals surface area contributed by atoms with Crippen LogP contribution in [0.2, 0.25) is 0 Å². The molecule has 26 heavy (non-hydrogen) atoms. The van der Waals surface area contributed by atoms with E-state index in [1.54, 1.807) is 12.4 Å². The number of hydrogen-bond donors (Lipinski definition) is 0. The molecule has 3 aliphatic rings. The highest BCUT2D eigenvalue weighted by atomic mass is 16.5. The molecule has 0 spiro atoms. The summed E-state index contributed by atoms with van der Waals surface area (Å²) in [6, 6.07) is 4.51. The number of amides is 1. The first-order valence-electron chi connectivity index (χ1n) is 10.4. The maximum atomic E-state index is 12.6. The Hall–Kier alpha value is -1.62. The van der Waals surface area contributed by atoms with E-state index in [1.807, 2.05) is 12.1 Å². The minimum atomic E-state index is 0.317. The second-order valence-corrected chi connectivity index (χ2v) is 8.07. The zero-order valence-corrected chi connectivity index (χ0v) is 15.7. The number of rotatable bonds is 4. The second kappa shape index (κ2) is 8.38. The molecule has 0 bridgehead atoms. The van der Waals surface area contributed by atoms with Crippen LogP contribution in [0.5, 0.6) is 5.75 Å². The van der Waals surface area contributed by atoms with Crippen LogP contribution < -0.4 is 4.74 Å². The quantitative estimate of drug-likeness (QED) is 0.831. The van der Waals surface area contributed by atoms with E-state index in [0.717, 1.165) is 70.5 Å². The van der Waals surface area contributed by atoms with Crippen molar-refractivity contribution in [1.29, 1.82) is 0 Å². The summed E-state index contributed by atoms with van der Waals surface area (Å²) in [7, 11) is 0. The summed E-state index contributed by atoms with van der Waals surface area (Å²) < 4.78 is 6.08. The van der Waals surface area contributed by atoms with Gasteiger partial charge in [-0.1, -0.05) is 12.8 Å². The lowest BCUT2D eigenvalue weighted by Gasteiger charge is -2.42. The largest absolute Gasteiger partial charge is 0.490 e. The average Bonchev–Trinajstić information content (AvgIpc) is 3.24. The Bertz CT molecular complexity index is 572. The summed E-state index contributed by atoms with van der Waals surface area (Å²) in [5.74, 6) is 1.69. The van der Waals surface area contributed by atoms with E-state index in [0.29, 0.717) is 24.0 Å². The normalized spacial score (nSPS) is 24.1. The van der Waals surface area contributed by atoms with Gasteiger partial charge in [-0.05, 0) is 50.7 Å². The summed E-state index contributed by atoms with van der Waals surface area (Å²) >= 11 is 0. The molecular weight excluding hydrogens is 326 g/mol. The van der Waals surface area contributed by atoms with Crippen molar-refractivity contribution in [3.63, 3.8) is 0 Å². The molecule has 0 atom stereocenters. The van der Waals surface area contributed by atoms with Crippen LogP contribution in [0.4, 0.5) is 0 Å². The SMILES string of the molecule is O=C(C1CCCC1)N1CCC(N2CCC(Oc3ccncc3)CC2)CC1. The molecule has 142 valence electrons. The van der Waals surface area contributed by atoms with Gasteiger partial charge in [0.2, 0.25) is 5.91 Å². The van der Waals surface area contributed by atoms with Crippen LogP contribution in [0.25, 0.3) is 0 Å². The summed E-state index contributed by atoms with van der Waals surface area (Å²) in [6.07, 6.45) is 13.0. The Morgan fingerprint density at radius 3 is 2.23 bits per heavy atom. The van der Waals surface area contributed by atoms with Gasteiger partial charge in [0.25, 0.3) is 0 Å². The van der Waals surface area contributed by atoms with Crippen LogP contribution in [-0.2, 0) is 4.79 Å². The van der Waals surface area contributed by atoms with Crippen LogP contribution in [0.15, 0.2) is 24.5 Å². The number of carbonyl (C=O) groups excluding carboxylic acids is 1. The Morgan fingerprint density at radius 1 is 0.923 bits per heavy atom. The van der Waals surface area contributed by atoms with Crippen LogP contribution >= 0.6 is 0 Å².